The van der Waals surface area contributed by atoms with Crippen LogP contribution in [0.1, 0.15) is 48.7 Å². The predicted octanol–water partition coefficient (Wildman–Crippen LogP) is 5.05. The maximum absolute atomic E-state index is 13.4. The summed E-state index contributed by atoms with van der Waals surface area (Å²) in [6, 6.07) is 21.2. The number of thiazole rings is 1. The van der Waals surface area contributed by atoms with Gasteiger partial charge in [-0.3, -0.25) is 14.8 Å². The third-order valence-electron chi connectivity index (χ3n) is 6.18. The van der Waals surface area contributed by atoms with Crippen LogP contribution in [-0.2, 0) is 6.54 Å². The number of aromatic nitrogens is 1. The van der Waals surface area contributed by atoms with Crippen molar-refractivity contribution in [3.63, 3.8) is 0 Å². The number of benzene rings is 2. The SMILES string of the molecule is O=C(NO)c1ccc(-c2cccc(CNC(=O)c3sc(C4CCNCC4)nc3-c3ccccc3)c2)s1. The molecule has 36 heavy (non-hydrogen) atoms. The van der Waals surface area contributed by atoms with Gasteiger partial charge in [0.05, 0.1) is 15.6 Å². The van der Waals surface area contributed by atoms with Crippen LogP contribution in [0.4, 0.5) is 0 Å². The van der Waals surface area contributed by atoms with Crippen LogP contribution in [-0.4, -0.2) is 35.1 Å². The molecule has 0 aliphatic carbocycles. The fourth-order valence-corrected chi connectivity index (χ4v) is 6.36. The fourth-order valence-electron chi connectivity index (χ4n) is 4.29. The van der Waals surface area contributed by atoms with Gasteiger partial charge in [-0.25, -0.2) is 10.5 Å². The highest BCUT2D eigenvalue weighted by Gasteiger charge is 2.25. The van der Waals surface area contributed by atoms with Crippen LogP contribution in [0.15, 0.2) is 66.7 Å². The number of amides is 2. The molecule has 1 aliphatic rings. The van der Waals surface area contributed by atoms with Crippen LogP contribution in [0.2, 0.25) is 0 Å². The van der Waals surface area contributed by atoms with Crippen molar-refractivity contribution in [3.05, 3.63) is 87.1 Å². The van der Waals surface area contributed by atoms with Crippen molar-refractivity contribution in [3.8, 4) is 21.7 Å². The molecule has 9 heteroatoms. The van der Waals surface area contributed by atoms with Gasteiger partial charge >= 0.3 is 0 Å². The summed E-state index contributed by atoms with van der Waals surface area (Å²) in [6.07, 6.45) is 2.06. The Morgan fingerprint density at radius 3 is 2.50 bits per heavy atom. The molecule has 0 atom stereocenters. The van der Waals surface area contributed by atoms with Gasteiger partial charge in [0, 0.05) is 22.9 Å². The number of piperidine rings is 1. The van der Waals surface area contributed by atoms with Crippen LogP contribution in [0.5, 0.6) is 0 Å². The zero-order chi connectivity index (χ0) is 24.9. The second kappa shape index (κ2) is 11.1. The van der Waals surface area contributed by atoms with Gasteiger partial charge in [0.25, 0.3) is 11.8 Å². The van der Waals surface area contributed by atoms with E-state index < -0.39 is 5.91 Å². The number of rotatable bonds is 7. The molecule has 5 rings (SSSR count). The molecule has 0 unspecified atom stereocenters. The van der Waals surface area contributed by atoms with Crippen molar-refractivity contribution in [2.75, 3.05) is 13.1 Å². The molecule has 4 N–H and O–H groups in total. The Labute approximate surface area is 217 Å². The Bertz CT molecular complexity index is 1360. The highest BCUT2D eigenvalue weighted by atomic mass is 32.1. The predicted molar refractivity (Wildman–Crippen MR) is 143 cm³/mol. The van der Waals surface area contributed by atoms with Gasteiger partial charge in [0.2, 0.25) is 0 Å². The van der Waals surface area contributed by atoms with Gasteiger partial charge in [-0.15, -0.1) is 22.7 Å². The Hall–Kier alpha value is -3.37. The normalized spacial score (nSPS) is 13.9. The highest BCUT2D eigenvalue weighted by molar-refractivity contribution is 7.17. The topological polar surface area (TPSA) is 103 Å². The molecule has 0 radical (unpaired) electrons. The molecular weight excluding hydrogens is 492 g/mol. The summed E-state index contributed by atoms with van der Waals surface area (Å²) in [6.45, 7) is 2.31. The van der Waals surface area contributed by atoms with Crippen LogP contribution in [0.25, 0.3) is 21.7 Å². The Kier molecular flexibility index (Phi) is 7.52. The van der Waals surface area contributed by atoms with Crippen LogP contribution in [0, 0.1) is 0 Å². The molecule has 4 aromatic rings. The van der Waals surface area contributed by atoms with Gasteiger partial charge in [-0.1, -0.05) is 48.5 Å². The molecule has 0 bridgehead atoms. The molecule has 1 fully saturated rings. The zero-order valence-electron chi connectivity index (χ0n) is 19.5. The number of hydrogen-bond donors (Lipinski definition) is 4. The molecule has 2 aromatic carbocycles. The number of carbonyl (C=O) groups excluding carboxylic acids is 2. The largest absolute Gasteiger partial charge is 0.347 e. The van der Waals surface area contributed by atoms with Crippen LogP contribution in [0.3, 0.4) is 0 Å². The minimum absolute atomic E-state index is 0.130. The van der Waals surface area contributed by atoms with E-state index in [1.807, 2.05) is 60.7 Å². The molecule has 1 aliphatic heterocycles. The Morgan fingerprint density at radius 2 is 1.72 bits per heavy atom. The van der Waals surface area contributed by atoms with E-state index in [4.69, 9.17) is 10.2 Å². The van der Waals surface area contributed by atoms with E-state index in [-0.39, 0.29) is 5.91 Å². The second-order valence-electron chi connectivity index (χ2n) is 8.61. The van der Waals surface area contributed by atoms with Crippen molar-refractivity contribution in [2.24, 2.45) is 0 Å². The van der Waals surface area contributed by atoms with Crippen LogP contribution < -0.4 is 16.1 Å². The first-order valence-corrected chi connectivity index (χ1v) is 13.4. The highest BCUT2D eigenvalue weighted by Crippen LogP contribution is 2.35. The van der Waals surface area contributed by atoms with E-state index in [2.05, 4.69) is 10.6 Å². The third kappa shape index (κ3) is 5.39. The lowest BCUT2D eigenvalue weighted by Crippen LogP contribution is -2.26. The van der Waals surface area contributed by atoms with E-state index in [1.165, 1.54) is 22.7 Å². The number of hydroxylamine groups is 1. The number of hydrogen-bond acceptors (Lipinski definition) is 7. The maximum atomic E-state index is 13.4. The molecule has 2 amide bonds. The average molecular weight is 519 g/mol. The molecule has 7 nitrogen and oxygen atoms in total. The smallest absolute Gasteiger partial charge is 0.284 e. The monoisotopic (exact) mass is 518 g/mol. The van der Waals surface area contributed by atoms with E-state index in [0.29, 0.717) is 22.2 Å². The molecule has 2 aromatic heterocycles. The lowest BCUT2D eigenvalue weighted by atomic mass is 9.99. The van der Waals surface area contributed by atoms with E-state index >= 15 is 0 Å². The van der Waals surface area contributed by atoms with Crippen molar-refractivity contribution >= 4 is 34.5 Å². The van der Waals surface area contributed by atoms with Crippen molar-refractivity contribution in [1.29, 1.82) is 0 Å². The van der Waals surface area contributed by atoms with Crippen molar-refractivity contribution in [2.45, 2.75) is 25.3 Å². The summed E-state index contributed by atoms with van der Waals surface area (Å²) in [5.41, 5.74) is 5.25. The molecule has 3 heterocycles. The number of carbonyl (C=O) groups is 2. The molecule has 0 spiro atoms. The molecule has 184 valence electrons. The average Bonchev–Trinajstić information content (AvgIpc) is 3.61. The fraction of sp³-hybridized carbons (Fsp3) is 0.222. The third-order valence-corrected chi connectivity index (χ3v) is 8.53. The molecule has 1 saturated heterocycles. The van der Waals surface area contributed by atoms with E-state index in [9.17, 15) is 9.59 Å². The van der Waals surface area contributed by atoms with Gasteiger partial charge in [-0.2, -0.15) is 0 Å². The quantitative estimate of drug-likeness (QED) is 0.202. The summed E-state index contributed by atoms with van der Waals surface area (Å²) in [5, 5.41) is 16.4. The lowest BCUT2D eigenvalue weighted by Gasteiger charge is -2.20. The van der Waals surface area contributed by atoms with Gasteiger partial charge in [0.1, 0.15) is 4.88 Å². The summed E-state index contributed by atoms with van der Waals surface area (Å²) in [5.74, 6) is -0.284. The second-order valence-corrected chi connectivity index (χ2v) is 10.7. The maximum Gasteiger partial charge on any atom is 0.284 e. The van der Waals surface area contributed by atoms with E-state index in [1.54, 1.807) is 11.5 Å². The first-order chi connectivity index (χ1) is 17.6. The molecule has 0 saturated carbocycles. The first kappa shape index (κ1) is 24.3. The zero-order valence-corrected chi connectivity index (χ0v) is 21.1. The summed E-state index contributed by atoms with van der Waals surface area (Å²) >= 11 is 2.80. The summed E-state index contributed by atoms with van der Waals surface area (Å²) < 4.78 is 0. The minimum Gasteiger partial charge on any atom is -0.347 e. The standard InChI is InChI=1S/C27H26N4O3S2/c32-25(31-34)22-10-9-21(35-22)20-8-4-5-17(15-20)16-29-26(33)24-23(18-6-2-1-3-7-18)30-27(36-24)19-11-13-28-14-12-19/h1-10,15,19,28,34H,11-14,16H2,(H,29,33)(H,31,32). The summed E-state index contributed by atoms with van der Waals surface area (Å²) in [7, 11) is 0. The minimum atomic E-state index is -0.530. The first-order valence-electron chi connectivity index (χ1n) is 11.8. The van der Waals surface area contributed by atoms with Crippen molar-refractivity contribution < 1.29 is 14.8 Å². The van der Waals surface area contributed by atoms with Crippen molar-refractivity contribution in [1.82, 2.24) is 21.1 Å². The van der Waals surface area contributed by atoms with Crippen LogP contribution >= 0.6 is 22.7 Å². The Balaban J connectivity index is 1.34. The number of nitrogens with zero attached hydrogens (tertiary/aromatic N) is 1. The van der Waals surface area contributed by atoms with Gasteiger partial charge < -0.3 is 10.6 Å². The van der Waals surface area contributed by atoms with Gasteiger partial charge in [-0.05, 0) is 55.3 Å². The summed E-state index contributed by atoms with van der Waals surface area (Å²) in [4.78, 5) is 31.9. The number of thiophene rings is 1. The Morgan fingerprint density at radius 1 is 0.944 bits per heavy atom. The molecular formula is C27H26N4O3S2. The lowest BCUT2D eigenvalue weighted by molar-refractivity contribution is 0.0711. The van der Waals surface area contributed by atoms with E-state index in [0.717, 1.165) is 58.2 Å². The number of nitrogens with one attached hydrogen (secondary N) is 3. The van der Waals surface area contributed by atoms with Gasteiger partial charge in [0.15, 0.2) is 0 Å².